The molecule has 0 atom stereocenters. The molecule has 0 aliphatic heterocycles. The van der Waals surface area contributed by atoms with Crippen LogP contribution in [0.2, 0.25) is 0 Å². The lowest BCUT2D eigenvalue weighted by molar-refractivity contribution is 0.0526. The van der Waals surface area contributed by atoms with Gasteiger partial charge in [-0.05, 0) is 78.4 Å². The number of hydrogen-bond acceptors (Lipinski definition) is 5. The molecule has 0 N–H and O–H groups in total. The fourth-order valence-electron chi connectivity index (χ4n) is 3.78. The third-order valence-corrected chi connectivity index (χ3v) is 6.71. The molecule has 0 heterocycles. The summed E-state index contributed by atoms with van der Waals surface area (Å²) in [7, 11) is 0. The maximum absolute atomic E-state index is 12.9. The van der Waals surface area contributed by atoms with E-state index in [-0.39, 0.29) is 5.41 Å². The lowest BCUT2D eigenvalue weighted by Crippen LogP contribution is -2.22. The molecule has 0 spiro atoms. The van der Waals surface area contributed by atoms with E-state index in [1.807, 2.05) is 36.4 Å². The van der Waals surface area contributed by atoms with Gasteiger partial charge in [-0.2, -0.15) is 0 Å². The fourth-order valence-corrected chi connectivity index (χ4v) is 4.78. The molecule has 3 aromatic rings. The second-order valence-electron chi connectivity index (χ2n) is 8.47. The van der Waals surface area contributed by atoms with Crippen LogP contribution in [0.25, 0.3) is 4.91 Å². The molecule has 0 unspecified atom stereocenters. The summed E-state index contributed by atoms with van der Waals surface area (Å²) in [5, 5.41) is 0. The van der Waals surface area contributed by atoms with Crippen molar-refractivity contribution in [1.29, 1.82) is 0 Å². The number of carbonyl (C=O) groups excluding carboxylic acids is 2. The maximum atomic E-state index is 12.9. The molecule has 0 bridgehead atoms. The number of thioether (sulfide) groups is 1. The molecule has 4 nitrogen and oxygen atoms in total. The first-order valence-electron chi connectivity index (χ1n) is 10.9. The number of rotatable bonds is 6. The van der Waals surface area contributed by atoms with Crippen molar-refractivity contribution in [2.45, 2.75) is 37.5 Å². The van der Waals surface area contributed by atoms with Gasteiger partial charge in [0, 0.05) is 9.80 Å². The summed E-state index contributed by atoms with van der Waals surface area (Å²) in [6.45, 7) is 6.50. The number of benzene rings is 3. The fraction of sp³-hybridized carbons (Fsp3) is 0.214. The molecule has 168 valence electrons. The molecule has 1 aliphatic carbocycles. The van der Waals surface area contributed by atoms with Crippen LogP contribution in [0.5, 0.6) is 5.75 Å². The highest BCUT2D eigenvalue weighted by Gasteiger charge is 2.29. The monoisotopic (exact) mass is 458 g/mol. The number of hydrogen-bond donors (Lipinski definition) is 0. The normalized spacial score (nSPS) is 14.1. The van der Waals surface area contributed by atoms with Crippen molar-refractivity contribution in [3.63, 3.8) is 0 Å². The molecule has 0 saturated carbocycles. The van der Waals surface area contributed by atoms with E-state index < -0.39 is 11.9 Å². The Hall–Kier alpha value is -3.31. The largest absolute Gasteiger partial charge is 0.462 e. The number of ether oxygens (including phenoxy) is 2. The summed E-state index contributed by atoms with van der Waals surface area (Å²) >= 11 is 1.71. The summed E-state index contributed by atoms with van der Waals surface area (Å²) in [5.41, 5.74) is 3.17. The molecule has 5 heteroatoms. The predicted octanol–water partition coefficient (Wildman–Crippen LogP) is 6.90. The number of allylic oxidation sites excluding steroid dienone is 1. The third kappa shape index (κ3) is 5.20. The van der Waals surface area contributed by atoms with Crippen LogP contribution in [0.15, 0.2) is 83.8 Å². The van der Waals surface area contributed by atoms with E-state index in [0.29, 0.717) is 23.5 Å². The molecular formula is C28H26O4S. The van der Waals surface area contributed by atoms with Gasteiger partial charge in [0.15, 0.2) is 0 Å². The lowest BCUT2D eigenvalue weighted by atomic mass is 9.75. The van der Waals surface area contributed by atoms with Crippen LogP contribution in [-0.2, 0) is 10.2 Å². The first-order chi connectivity index (χ1) is 15.9. The van der Waals surface area contributed by atoms with Crippen molar-refractivity contribution in [2.24, 2.45) is 0 Å². The Morgan fingerprint density at radius 1 is 0.909 bits per heavy atom. The van der Waals surface area contributed by atoms with Gasteiger partial charge in [0.2, 0.25) is 0 Å². The highest BCUT2D eigenvalue weighted by atomic mass is 32.2. The van der Waals surface area contributed by atoms with Gasteiger partial charge in [-0.15, -0.1) is 0 Å². The molecule has 1 aliphatic rings. The zero-order valence-corrected chi connectivity index (χ0v) is 19.8. The zero-order chi connectivity index (χ0) is 23.4. The molecule has 4 rings (SSSR count). The van der Waals surface area contributed by atoms with Gasteiger partial charge in [0.1, 0.15) is 5.75 Å². The van der Waals surface area contributed by atoms with Gasteiger partial charge >= 0.3 is 11.9 Å². The van der Waals surface area contributed by atoms with E-state index >= 15 is 0 Å². The third-order valence-electron chi connectivity index (χ3n) is 5.59. The highest BCUT2D eigenvalue weighted by Crippen LogP contribution is 2.45. The molecule has 33 heavy (non-hydrogen) atoms. The topological polar surface area (TPSA) is 52.6 Å². The number of carbonyl (C=O) groups is 2. The SMILES string of the molecule is CCOC(=O)c1ccc(OC(=O)c2ccc3c(c2)C(Sc2ccccc2)=CCC3(C)C)cc1. The molecule has 0 aromatic heterocycles. The van der Waals surface area contributed by atoms with Crippen LogP contribution in [0, 0.1) is 0 Å². The highest BCUT2D eigenvalue weighted by molar-refractivity contribution is 8.08. The first-order valence-corrected chi connectivity index (χ1v) is 11.8. The van der Waals surface area contributed by atoms with E-state index in [2.05, 4.69) is 32.1 Å². The molecular weight excluding hydrogens is 432 g/mol. The first kappa shape index (κ1) is 22.9. The van der Waals surface area contributed by atoms with Gasteiger partial charge in [0.05, 0.1) is 17.7 Å². The minimum atomic E-state index is -0.436. The van der Waals surface area contributed by atoms with Crippen molar-refractivity contribution in [3.05, 3.63) is 101 Å². The van der Waals surface area contributed by atoms with Gasteiger partial charge in [-0.3, -0.25) is 0 Å². The van der Waals surface area contributed by atoms with Crippen molar-refractivity contribution < 1.29 is 19.1 Å². The van der Waals surface area contributed by atoms with E-state index in [1.165, 1.54) is 5.56 Å². The van der Waals surface area contributed by atoms with Gasteiger partial charge in [-0.1, -0.05) is 56.0 Å². The minimum Gasteiger partial charge on any atom is -0.462 e. The second-order valence-corrected chi connectivity index (χ2v) is 9.58. The maximum Gasteiger partial charge on any atom is 0.343 e. The van der Waals surface area contributed by atoms with E-state index in [9.17, 15) is 9.59 Å². The molecule has 0 amide bonds. The average molecular weight is 459 g/mol. The molecule has 0 fully saturated rings. The van der Waals surface area contributed by atoms with E-state index in [0.717, 1.165) is 21.8 Å². The number of esters is 2. The van der Waals surface area contributed by atoms with Crippen molar-refractivity contribution >= 4 is 28.6 Å². The van der Waals surface area contributed by atoms with Gasteiger partial charge < -0.3 is 9.47 Å². The smallest absolute Gasteiger partial charge is 0.343 e. The Labute approximate surface area is 198 Å². The predicted molar refractivity (Wildman–Crippen MR) is 132 cm³/mol. The molecule has 0 saturated heterocycles. The second kappa shape index (κ2) is 9.67. The Morgan fingerprint density at radius 2 is 1.61 bits per heavy atom. The Bertz CT molecular complexity index is 1190. The van der Waals surface area contributed by atoms with Gasteiger partial charge in [0.25, 0.3) is 0 Å². The summed E-state index contributed by atoms with van der Waals surface area (Å²) in [6, 6.07) is 22.4. The molecule has 3 aromatic carbocycles. The molecule has 0 radical (unpaired) electrons. The van der Waals surface area contributed by atoms with Crippen LogP contribution >= 0.6 is 11.8 Å². The van der Waals surface area contributed by atoms with Crippen LogP contribution in [0.4, 0.5) is 0 Å². The zero-order valence-electron chi connectivity index (χ0n) is 19.0. The number of fused-ring (bicyclic) bond motifs is 1. The summed E-state index contributed by atoms with van der Waals surface area (Å²) in [5.74, 6) is -0.461. The van der Waals surface area contributed by atoms with E-state index in [1.54, 1.807) is 43.0 Å². The minimum absolute atomic E-state index is 0.0125. The van der Waals surface area contributed by atoms with Crippen LogP contribution in [-0.4, -0.2) is 18.5 Å². The van der Waals surface area contributed by atoms with Crippen molar-refractivity contribution in [2.75, 3.05) is 6.61 Å². The van der Waals surface area contributed by atoms with Crippen LogP contribution in [0.1, 0.15) is 59.0 Å². The van der Waals surface area contributed by atoms with Crippen molar-refractivity contribution in [1.82, 2.24) is 0 Å². The van der Waals surface area contributed by atoms with Crippen LogP contribution in [0.3, 0.4) is 0 Å². The summed E-state index contributed by atoms with van der Waals surface area (Å²) < 4.78 is 10.6. The van der Waals surface area contributed by atoms with Crippen molar-refractivity contribution in [3.8, 4) is 5.75 Å². The lowest BCUT2D eigenvalue weighted by Gasteiger charge is -2.32. The van der Waals surface area contributed by atoms with Gasteiger partial charge in [-0.25, -0.2) is 9.59 Å². The van der Waals surface area contributed by atoms with E-state index in [4.69, 9.17) is 9.47 Å². The average Bonchev–Trinajstić information content (AvgIpc) is 2.82. The quantitative estimate of drug-likeness (QED) is 0.297. The Balaban J connectivity index is 1.57. The Morgan fingerprint density at radius 3 is 2.30 bits per heavy atom. The summed E-state index contributed by atoms with van der Waals surface area (Å²) in [6.07, 6.45) is 3.19. The van der Waals surface area contributed by atoms with Crippen LogP contribution < -0.4 is 4.74 Å². The standard InChI is InChI=1S/C28H26O4S/c1-4-31-26(29)19-10-13-21(14-11-19)32-27(30)20-12-15-24-23(18-20)25(16-17-28(24,2)3)33-22-8-6-5-7-9-22/h5-16,18H,4,17H2,1-3H3. The Kier molecular flexibility index (Phi) is 6.70. The summed E-state index contributed by atoms with van der Waals surface area (Å²) in [4.78, 5) is 27.0.